The lowest BCUT2D eigenvalue weighted by molar-refractivity contribution is -0.140. The van der Waals surface area contributed by atoms with Crippen LogP contribution in [0.2, 0.25) is 0 Å². The molecule has 124 valence electrons. The molecule has 7 nitrogen and oxygen atoms in total. The van der Waals surface area contributed by atoms with Gasteiger partial charge in [0.2, 0.25) is 0 Å². The van der Waals surface area contributed by atoms with Crippen molar-refractivity contribution in [1.82, 2.24) is 14.7 Å². The van der Waals surface area contributed by atoms with Crippen LogP contribution in [0.25, 0.3) is 4.96 Å². The molecule has 8 heteroatoms. The number of nitrogens with zero attached hydrogens (tertiary/aromatic N) is 2. The van der Waals surface area contributed by atoms with Crippen molar-refractivity contribution >= 4 is 28.2 Å². The highest BCUT2D eigenvalue weighted by Crippen LogP contribution is 2.18. The first-order valence-corrected chi connectivity index (χ1v) is 8.11. The van der Waals surface area contributed by atoms with E-state index >= 15 is 0 Å². The summed E-state index contributed by atoms with van der Waals surface area (Å²) >= 11 is 1.37. The van der Waals surface area contributed by atoms with Crippen LogP contribution in [0, 0.1) is 19.8 Å². The van der Waals surface area contributed by atoms with Crippen molar-refractivity contribution < 1.29 is 14.7 Å². The number of fused-ring (bicyclic) bond motifs is 1. The van der Waals surface area contributed by atoms with Crippen LogP contribution in [0.5, 0.6) is 0 Å². The van der Waals surface area contributed by atoms with Gasteiger partial charge in [-0.2, -0.15) is 0 Å². The third-order valence-corrected chi connectivity index (χ3v) is 5.10. The molecule has 2 rings (SSSR count). The van der Waals surface area contributed by atoms with Crippen LogP contribution < -0.4 is 10.9 Å². The van der Waals surface area contributed by atoms with Gasteiger partial charge in [-0.3, -0.25) is 14.0 Å². The Hall–Kier alpha value is -2.22. The standard InChI is InChI=1S/C15H19N3O4S/c1-5-7(2)11(14(21)22)17-12(19)10-6-16-15-18(13(10)20)8(3)9(4)23-15/h6-7,11H,5H2,1-4H3,(H,17,19)(H,21,22). The van der Waals surface area contributed by atoms with Crippen molar-refractivity contribution in [3.63, 3.8) is 0 Å². The molecule has 23 heavy (non-hydrogen) atoms. The zero-order chi connectivity index (χ0) is 17.3. The van der Waals surface area contributed by atoms with Crippen molar-refractivity contribution in [2.45, 2.75) is 40.2 Å². The third kappa shape index (κ3) is 3.12. The Morgan fingerprint density at radius 3 is 2.65 bits per heavy atom. The first-order chi connectivity index (χ1) is 10.8. The summed E-state index contributed by atoms with van der Waals surface area (Å²) in [5.74, 6) is -2.08. The predicted octanol–water partition coefficient (Wildman–Crippen LogP) is 1.60. The molecule has 2 unspecified atom stereocenters. The highest BCUT2D eigenvalue weighted by molar-refractivity contribution is 7.17. The zero-order valence-electron chi connectivity index (χ0n) is 13.4. The van der Waals surface area contributed by atoms with E-state index < -0.39 is 23.5 Å². The van der Waals surface area contributed by atoms with Gasteiger partial charge in [0.05, 0.1) is 0 Å². The number of aryl methyl sites for hydroxylation is 2. The fourth-order valence-corrected chi connectivity index (χ4v) is 3.16. The number of carboxylic acids is 1. The SMILES string of the molecule is CCC(C)C(NC(=O)c1cnc2sc(C)c(C)n2c1=O)C(=O)O. The maximum atomic E-state index is 12.5. The number of nitrogens with one attached hydrogen (secondary N) is 1. The minimum atomic E-state index is -1.12. The predicted molar refractivity (Wildman–Crippen MR) is 87.2 cm³/mol. The van der Waals surface area contributed by atoms with Crippen molar-refractivity contribution in [1.29, 1.82) is 0 Å². The molecule has 0 saturated heterocycles. The van der Waals surface area contributed by atoms with Gasteiger partial charge in [-0.1, -0.05) is 20.3 Å². The molecule has 0 fully saturated rings. The number of thiazole rings is 1. The highest BCUT2D eigenvalue weighted by atomic mass is 32.1. The normalized spacial score (nSPS) is 13.7. The minimum Gasteiger partial charge on any atom is -0.480 e. The molecule has 0 aliphatic heterocycles. The summed E-state index contributed by atoms with van der Waals surface area (Å²) in [4.78, 5) is 41.8. The number of hydrogen-bond acceptors (Lipinski definition) is 5. The van der Waals surface area contributed by atoms with Crippen LogP contribution in [-0.4, -0.2) is 32.4 Å². The number of aromatic nitrogens is 2. The van der Waals surface area contributed by atoms with Crippen LogP contribution in [0.15, 0.2) is 11.0 Å². The Balaban J connectivity index is 2.42. The largest absolute Gasteiger partial charge is 0.480 e. The Morgan fingerprint density at radius 2 is 2.09 bits per heavy atom. The van der Waals surface area contributed by atoms with E-state index in [9.17, 15) is 19.5 Å². The summed E-state index contributed by atoms with van der Waals surface area (Å²) in [6.07, 6.45) is 1.80. The Kier molecular flexibility index (Phi) is 4.84. The zero-order valence-corrected chi connectivity index (χ0v) is 14.2. The van der Waals surface area contributed by atoms with Crippen LogP contribution in [0.1, 0.15) is 41.2 Å². The molecule has 0 saturated carbocycles. The van der Waals surface area contributed by atoms with Gasteiger partial charge in [-0.15, -0.1) is 11.3 Å². The molecule has 2 aromatic heterocycles. The number of carboxylic acid groups (broad SMARTS) is 1. The van der Waals surface area contributed by atoms with E-state index in [-0.39, 0.29) is 11.5 Å². The smallest absolute Gasteiger partial charge is 0.326 e. The second-order valence-corrected chi connectivity index (χ2v) is 6.70. The number of rotatable bonds is 5. The molecule has 2 N–H and O–H groups in total. The van der Waals surface area contributed by atoms with Gasteiger partial charge in [0.25, 0.3) is 11.5 Å². The van der Waals surface area contributed by atoms with E-state index in [1.54, 1.807) is 13.8 Å². The summed E-state index contributed by atoms with van der Waals surface area (Å²) < 4.78 is 1.38. The molecule has 0 aliphatic carbocycles. The van der Waals surface area contributed by atoms with E-state index in [0.717, 1.165) is 10.6 Å². The maximum absolute atomic E-state index is 12.5. The first-order valence-electron chi connectivity index (χ1n) is 7.29. The van der Waals surface area contributed by atoms with Gasteiger partial charge in [0.15, 0.2) is 4.96 Å². The van der Waals surface area contributed by atoms with Gasteiger partial charge in [0.1, 0.15) is 11.6 Å². The number of carbonyl (C=O) groups excluding carboxylic acids is 1. The van der Waals surface area contributed by atoms with E-state index in [4.69, 9.17) is 0 Å². The summed E-state index contributed by atoms with van der Waals surface area (Å²) in [5, 5.41) is 11.7. The molecule has 0 aromatic carbocycles. The van der Waals surface area contributed by atoms with Gasteiger partial charge in [0, 0.05) is 16.8 Å². The lowest BCUT2D eigenvalue weighted by Crippen LogP contribution is -2.46. The summed E-state index contributed by atoms with van der Waals surface area (Å²) in [6.45, 7) is 7.23. The molecule has 2 aromatic rings. The number of amides is 1. The fraction of sp³-hybridized carbons (Fsp3) is 0.467. The topological polar surface area (TPSA) is 101 Å². The molecule has 0 spiro atoms. The van der Waals surface area contributed by atoms with Crippen molar-refractivity contribution in [2.24, 2.45) is 5.92 Å². The molecular formula is C15H19N3O4S. The number of hydrogen-bond donors (Lipinski definition) is 2. The van der Waals surface area contributed by atoms with E-state index in [0.29, 0.717) is 11.4 Å². The molecule has 2 atom stereocenters. The molecule has 0 aliphatic rings. The molecule has 0 bridgehead atoms. The number of aliphatic carboxylic acids is 1. The maximum Gasteiger partial charge on any atom is 0.326 e. The summed E-state index contributed by atoms with van der Waals surface area (Å²) in [7, 11) is 0. The van der Waals surface area contributed by atoms with Crippen molar-refractivity contribution in [2.75, 3.05) is 0 Å². The van der Waals surface area contributed by atoms with Crippen LogP contribution >= 0.6 is 11.3 Å². The molecular weight excluding hydrogens is 318 g/mol. The summed E-state index contributed by atoms with van der Waals surface area (Å²) in [6, 6.07) is -1.04. The minimum absolute atomic E-state index is 0.155. The van der Waals surface area contributed by atoms with E-state index in [1.165, 1.54) is 21.9 Å². The molecule has 0 radical (unpaired) electrons. The van der Waals surface area contributed by atoms with Gasteiger partial charge < -0.3 is 10.4 Å². The quantitative estimate of drug-likeness (QED) is 0.863. The van der Waals surface area contributed by atoms with Crippen LogP contribution in [0.3, 0.4) is 0 Å². The van der Waals surface area contributed by atoms with Crippen molar-refractivity contribution in [3.8, 4) is 0 Å². The second kappa shape index (κ2) is 6.49. The van der Waals surface area contributed by atoms with Crippen LogP contribution in [-0.2, 0) is 4.79 Å². The lowest BCUT2D eigenvalue weighted by Gasteiger charge is -2.19. The van der Waals surface area contributed by atoms with Gasteiger partial charge in [-0.25, -0.2) is 9.78 Å². The monoisotopic (exact) mass is 337 g/mol. The Labute approximate surface area is 137 Å². The average molecular weight is 337 g/mol. The Morgan fingerprint density at radius 1 is 1.43 bits per heavy atom. The second-order valence-electron chi connectivity index (χ2n) is 5.51. The lowest BCUT2D eigenvalue weighted by atomic mass is 9.99. The first kappa shape index (κ1) is 17.1. The summed E-state index contributed by atoms with van der Waals surface area (Å²) in [5.41, 5.74) is 0.0921. The van der Waals surface area contributed by atoms with Gasteiger partial charge >= 0.3 is 5.97 Å². The number of carbonyl (C=O) groups is 2. The average Bonchev–Trinajstić information content (AvgIpc) is 2.79. The highest BCUT2D eigenvalue weighted by Gasteiger charge is 2.27. The van der Waals surface area contributed by atoms with Crippen LogP contribution in [0.4, 0.5) is 0 Å². The third-order valence-electron chi connectivity index (χ3n) is 4.03. The van der Waals surface area contributed by atoms with E-state index in [2.05, 4.69) is 10.3 Å². The molecule has 1 amide bonds. The van der Waals surface area contributed by atoms with E-state index in [1.807, 2.05) is 13.8 Å². The fourth-order valence-electron chi connectivity index (χ4n) is 2.23. The molecule has 2 heterocycles. The van der Waals surface area contributed by atoms with Gasteiger partial charge in [-0.05, 0) is 19.8 Å². The Bertz CT molecular complexity index is 824. The van der Waals surface area contributed by atoms with Crippen molar-refractivity contribution in [3.05, 3.63) is 32.7 Å².